The quantitative estimate of drug-likeness (QED) is 0.149. The maximum absolute atomic E-state index is 12.2. The van der Waals surface area contributed by atoms with Crippen molar-refractivity contribution in [1.29, 1.82) is 0 Å². The van der Waals surface area contributed by atoms with E-state index >= 15 is 0 Å². The van der Waals surface area contributed by atoms with Crippen molar-refractivity contribution in [1.82, 2.24) is 5.43 Å². The van der Waals surface area contributed by atoms with E-state index in [2.05, 4.69) is 26.5 Å². The van der Waals surface area contributed by atoms with E-state index in [1.807, 2.05) is 0 Å². The number of benzene rings is 3. The molecule has 0 heterocycles. The van der Waals surface area contributed by atoms with Crippen LogP contribution in [0.1, 0.15) is 27.0 Å². The molecule has 0 atom stereocenters. The summed E-state index contributed by atoms with van der Waals surface area (Å²) in [5.41, 5.74) is 4.53. The van der Waals surface area contributed by atoms with Crippen molar-refractivity contribution in [3.63, 3.8) is 0 Å². The Balaban J connectivity index is 1.49. The van der Waals surface area contributed by atoms with Gasteiger partial charge in [0.15, 0.2) is 6.61 Å². The highest BCUT2D eigenvalue weighted by Crippen LogP contribution is 2.28. The summed E-state index contributed by atoms with van der Waals surface area (Å²) in [6.45, 7) is 3.04. The van der Waals surface area contributed by atoms with Crippen LogP contribution >= 0.6 is 15.9 Å². The van der Waals surface area contributed by atoms with E-state index in [1.165, 1.54) is 18.3 Å². The van der Waals surface area contributed by atoms with Gasteiger partial charge in [-0.1, -0.05) is 15.9 Å². The highest BCUT2D eigenvalue weighted by molar-refractivity contribution is 9.10. The SMILES string of the molecule is Cc1cc([N+](=O)[O-])cc(C)c1OCC(=O)NN=Cc1ccc(OC(=O)c2ccc(Br)cc2)cc1. The molecular formula is C24H20BrN3O6. The van der Waals surface area contributed by atoms with Crippen LogP contribution in [0, 0.1) is 24.0 Å². The number of non-ortho nitro benzene ring substituents is 1. The van der Waals surface area contributed by atoms with E-state index in [0.29, 0.717) is 33.8 Å². The van der Waals surface area contributed by atoms with Crippen molar-refractivity contribution in [3.05, 3.63) is 97.5 Å². The minimum Gasteiger partial charge on any atom is -0.483 e. The number of nitrogens with zero attached hydrogens (tertiary/aromatic N) is 2. The molecule has 3 rings (SSSR count). The van der Waals surface area contributed by atoms with Crippen molar-refractivity contribution < 1.29 is 24.0 Å². The van der Waals surface area contributed by atoms with Crippen LogP contribution in [0.15, 0.2) is 70.2 Å². The second-order valence-electron chi connectivity index (χ2n) is 7.21. The predicted octanol–water partition coefficient (Wildman–Crippen LogP) is 4.72. The Morgan fingerprint density at radius 2 is 1.68 bits per heavy atom. The van der Waals surface area contributed by atoms with E-state index in [1.54, 1.807) is 62.4 Å². The third kappa shape index (κ3) is 6.72. The average Bonchev–Trinajstić information content (AvgIpc) is 2.80. The van der Waals surface area contributed by atoms with Gasteiger partial charge in [-0.2, -0.15) is 5.10 Å². The number of esters is 1. The smallest absolute Gasteiger partial charge is 0.343 e. The Labute approximate surface area is 203 Å². The number of hydrogen-bond donors (Lipinski definition) is 1. The fourth-order valence-electron chi connectivity index (χ4n) is 2.98. The zero-order valence-corrected chi connectivity index (χ0v) is 19.9. The molecule has 0 fully saturated rings. The molecule has 0 bridgehead atoms. The number of amides is 1. The Hall–Kier alpha value is -4.05. The number of hydrazone groups is 1. The molecule has 9 nitrogen and oxygen atoms in total. The predicted molar refractivity (Wildman–Crippen MR) is 129 cm³/mol. The Morgan fingerprint density at radius 1 is 1.06 bits per heavy atom. The summed E-state index contributed by atoms with van der Waals surface area (Å²) >= 11 is 3.31. The van der Waals surface area contributed by atoms with Gasteiger partial charge in [0, 0.05) is 16.6 Å². The maximum atomic E-state index is 12.2. The van der Waals surface area contributed by atoms with Gasteiger partial charge in [0.1, 0.15) is 11.5 Å². The fraction of sp³-hybridized carbons (Fsp3) is 0.125. The molecule has 0 unspecified atom stereocenters. The van der Waals surface area contributed by atoms with Gasteiger partial charge < -0.3 is 9.47 Å². The Kier molecular flexibility index (Phi) is 8.10. The zero-order chi connectivity index (χ0) is 24.7. The van der Waals surface area contributed by atoms with Crippen molar-refractivity contribution in [3.8, 4) is 11.5 Å². The number of hydrogen-bond acceptors (Lipinski definition) is 7. The third-order valence-corrected chi connectivity index (χ3v) is 5.11. The molecule has 34 heavy (non-hydrogen) atoms. The number of nitrogens with one attached hydrogen (secondary N) is 1. The molecule has 0 radical (unpaired) electrons. The van der Waals surface area contributed by atoms with Crippen LogP contribution in [-0.2, 0) is 4.79 Å². The van der Waals surface area contributed by atoms with E-state index in [4.69, 9.17) is 9.47 Å². The van der Waals surface area contributed by atoms with Crippen LogP contribution in [0.2, 0.25) is 0 Å². The lowest BCUT2D eigenvalue weighted by Crippen LogP contribution is -2.25. The van der Waals surface area contributed by atoms with Gasteiger partial charge in [-0.3, -0.25) is 14.9 Å². The molecule has 0 aliphatic rings. The lowest BCUT2D eigenvalue weighted by molar-refractivity contribution is -0.385. The number of rotatable bonds is 8. The van der Waals surface area contributed by atoms with Gasteiger partial charge >= 0.3 is 5.97 Å². The first kappa shape index (κ1) is 24.6. The number of ether oxygens (including phenoxy) is 2. The van der Waals surface area contributed by atoms with Crippen LogP contribution in [0.3, 0.4) is 0 Å². The zero-order valence-electron chi connectivity index (χ0n) is 18.3. The maximum Gasteiger partial charge on any atom is 0.343 e. The molecule has 0 spiro atoms. The van der Waals surface area contributed by atoms with Crippen molar-refractivity contribution in [2.24, 2.45) is 5.10 Å². The largest absolute Gasteiger partial charge is 0.483 e. The summed E-state index contributed by atoms with van der Waals surface area (Å²) < 4.78 is 11.7. The van der Waals surface area contributed by atoms with E-state index in [-0.39, 0.29) is 12.3 Å². The van der Waals surface area contributed by atoms with Crippen LogP contribution in [0.4, 0.5) is 5.69 Å². The molecule has 1 amide bonds. The summed E-state index contributed by atoms with van der Waals surface area (Å²) in [5, 5.41) is 14.8. The first-order valence-corrected chi connectivity index (χ1v) is 10.8. The highest BCUT2D eigenvalue weighted by atomic mass is 79.9. The van der Waals surface area contributed by atoms with Crippen LogP contribution in [-0.4, -0.2) is 29.6 Å². The number of nitro benzene ring substituents is 1. The summed E-state index contributed by atoms with van der Waals surface area (Å²) in [6, 6.07) is 16.2. The van der Waals surface area contributed by atoms with Crippen LogP contribution < -0.4 is 14.9 Å². The van der Waals surface area contributed by atoms with E-state index < -0.39 is 16.8 Å². The first-order chi connectivity index (χ1) is 16.2. The number of halogens is 1. The summed E-state index contributed by atoms with van der Waals surface area (Å²) in [5.74, 6) is -0.178. The molecule has 3 aromatic rings. The number of nitro groups is 1. The topological polar surface area (TPSA) is 120 Å². The molecule has 174 valence electrons. The molecule has 0 saturated carbocycles. The van der Waals surface area contributed by atoms with Gasteiger partial charge in [-0.15, -0.1) is 0 Å². The lowest BCUT2D eigenvalue weighted by Gasteiger charge is -2.11. The standard InChI is InChI=1S/C24H20BrN3O6/c1-15-11-20(28(31)32)12-16(2)23(15)33-14-22(29)27-26-13-17-3-9-21(10-4-17)34-24(30)18-5-7-19(25)8-6-18/h3-13H,14H2,1-2H3,(H,27,29). The molecule has 0 saturated heterocycles. The summed E-state index contributed by atoms with van der Waals surface area (Å²) in [6.07, 6.45) is 1.43. The minimum absolute atomic E-state index is 0.0366. The highest BCUT2D eigenvalue weighted by Gasteiger charge is 2.14. The molecule has 0 aliphatic carbocycles. The van der Waals surface area contributed by atoms with Crippen molar-refractivity contribution in [2.45, 2.75) is 13.8 Å². The Bertz CT molecular complexity index is 1220. The van der Waals surface area contributed by atoms with Gasteiger partial charge in [0.25, 0.3) is 11.6 Å². The summed E-state index contributed by atoms with van der Waals surface area (Å²) in [4.78, 5) is 34.6. The van der Waals surface area contributed by atoms with Crippen LogP contribution in [0.25, 0.3) is 0 Å². The van der Waals surface area contributed by atoms with E-state index in [9.17, 15) is 19.7 Å². The van der Waals surface area contributed by atoms with Crippen LogP contribution in [0.5, 0.6) is 11.5 Å². The molecule has 3 aromatic carbocycles. The third-order valence-electron chi connectivity index (χ3n) is 4.58. The second kappa shape index (κ2) is 11.2. The molecule has 0 aromatic heterocycles. The van der Waals surface area contributed by atoms with Gasteiger partial charge in [0.05, 0.1) is 16.7 Å². The second-order valence-corrected chi connectivity index (χ2v) is 8.13. The fourth-order valence-corrected chi connectivity index (χ4v) is 3.25. The first-order valence-electron chi connectivity index (χ1n) is 10.0. The number of aryl methyl sites for hydroxylation is 2. The van der Waals surface area contributed by atoms with E-state index in [0.717, 1.165) is 4.47 Å². The molecular weight excluding hydrogens is 506 g/mol. The number of carbonyl (C=O) groups excluding carboxylic acids is 2. The molecule has 0 aliphatic heterocycles. The molecule has 10 heteroatoms. The monoisotopic (exact) mass is 525 g/mol. The average molecular weight is 526 g/mol. The van der Waals surface area contributed by atoms with Crippen molar-refractivity contribution in [2.75, 3.05) is 6.61 Å². The normalized spacial score (nSPS) is 10.7. The van der Waals surface area contributed by atoms with Gasteiger partial charge in [-0.25, -0.2) is 10.2 Å². The Morgan fingerprint density at radius 3 is 2.26 bits per heavy atom. The minimum atomic E-state index is -0.492. The van der Waals surface area contributed by atoms with Gasteiger partial charge in [-0.05, 0) is 79.1 Å². The van der Waals surface area contributed by atoms with Crippen molar-refractivity contribution >= 4 is 39.7 Å². The molecule has 1 N–H and O–H groups in total. The summed E-state index contributed by atoms with van der Waals surface area (Å²) in [7, 11) is 0. The number of carbonyl (C=O) groups is 2. The lowest BCUT2D eigenvalue weighted by atomic mass is 10.1. The van der Waals surface area contributed by atoms with Gasteiger partial charge in [0.2, 0.25) is 0 Å².